The minimum absolute atomic E-state index is 0. The van der Waals surface area contributed by atoms with Crippen LogP contribution in [0.3, 0.4) is 0 Å². The normalized spacial score (nSPS) is 26.1. The average Bonchev–Trinajstić information content (AvgIpc) is 2.87. The topological polar surface area (TPSA) is 41.1 Å². The quantitative estimate of drug-likeness (QED) is 0.881. The second-order valence-electron chi connectivity index (χ2n) is 5.30. The molecule has 1 aliphatic carbocycles. The molecule has 2 aliphatic rings. The molecule has 19 heavy (non-hydrogen) atoms. The van der Waals surface area contributed by atoms with E-state index in [1.54, 1.807) is 11.3 Å². The maximum absolute atomic E-state index is 12.4. The maximum atomic E-state index is 12.4. The Labute approximate surface area is 124 Å². The van der Waals surface area contributed by atoms with Gasteiger partial charge in [-0.2, -0.15) is 0 Å². The maximum Gasteiger partial charge on any atom is 0.227 e. The molecule has 0 aromatic carbocycles. The van der Waals surface area contributed by atoms with Gasteiger partial charge >= 0.3 is 0 Å². The molecule has 3 nitrogen and oxygen atoms in total. The number of rotatable bonds is 2. The van der Waals surface area contributed by atoms with Crippen molar-refractivity contribution < 1.29 is 4.79 Å². The first-order valence-electron chi connectivity index (χ1n) is 6.92. The molecule has 0 saturated carbocycles. The van der Waals surface area contributed by atoms with Gasteiger partial charge in [0.15, 0.2) is 0 Å². The molecule has 3 rings (SSSR count). The molecule has 1 saturated heterocycles. The first kappa shape index (κ1) is 14.8. The van der Waals surface area contributed by atoms with E-state index in [0.29, 0.717) is 6.04 Å². The SMILES string of the molecule is Cl.O=C(NC1CCCNC1)C1CCCc2sccc21. The number of carbonyl (C=O) groups is 1. The fraction of sp³-hybridized carbons (Fsp3) is 0.643. The Bertz CT molecular complexity index is 429. The molecular weight excluding hydrogens is 280 g/mol. The van der Waals surface area contributed by atoms with E-state index < -0.39 is 0 Å². The van der Waals surface area contributed by atoms with Gasteiger partial charge in [-0.3, -0.25) is 4.79 Å². The van der Waals surface area contributed by atoms with Crippen molar-refractivity contribution in [3.05, 3.63) is 21.9 Å². The number of nitrogens with one attached hydrogen (secondary N) is 2. The van der Waals surface area contributed by atoms with Crippen LogP contribution in [0.1, 0.15) is 42.0 Å². The van der Waals surface area contributed by atoms with Gasteiger partial charge in [0, 0.05) is 17.5 Å². The lowest BCUT2D eigenvalue weighted by molar-refractivity contribution is -0.123. The third-order valence-corrected chi connectivity index (χ3v) is 5.01. The molecule has 0 bridgehead atoms. The molecule has 1 aromatic rings. The summed E-state index contributed by atoms with van der Waals surface area (Å²) in [6.07, 6.45) is 5.59. The Hall–Kier alpha value is -0.580. The number of hydrogen-bond acceptors (Lipinski definition) is 3. The number of amides is 1. The molecule has 2 unspecified atom stereocenters. The number of thiophene rings is 1. The van der Waals surface area contributed by atoms with E-state index in [4.69, 9.17) is 0 Å². The van der Waals surface area contributed by atoms with Gasteiger partial charge in [0.25, 0.3) is 0 Å². The first-order chi connectivity index (χ1) is 8.84. The molecule has 1 amide bonds. The van der Waals surface area contributed by atoms with Crippen molar-refractivity contribution in [3.8, 4) is 0 Å². The van der Waals surface area contributed by atoms with E-state index in [0.717, 1.165) is 38.8 Å². The number of piperidine rings is 1. The van der Waals surface area contributed by atoms with Crippen LogP contribution >= 0.6 is 23.7 Å². The molecule has 1 aliphatic heterocycles. The van der Waals surface area contributed by atoms with Crippen molar-refractivity contribution in [1.82, 2.24) is 10.6 Å². The van der Waals surface area contributed by atoms with Gasteiger partial charge in [-0.1, -0.05) is 0 Å². The summed E-state index contributed by atoms with van der Waals surface area (Å²) in [5.41, 5.74) is 1.28. The minimum atomic E-state index is 0. The van der Waals surface area contributed by atoms with Gasteiger partial charge in [0.05, 0.1) is 5.92 Å². The lowest BCUT2D eigenvalue weighted by Crippen LogP contribution is -2.47. The highest BCUT2D eigenvalue weighted by Crippen LogP contribution is 2.35. The number of hydrogen-bond donors (Lipinski definition) is 2. The van der Waals surface area contributed by atoms with Crippen LogP contribution in [0.4, 0.5) is 0 Å². The zero-order valence-electron chi connectivity index (χ0n) is 11.0. The molecule has 106 valence electrons. The van der Waals surface area contributed by atoms with Crippen molar-refractivity contribution >= 4 is 29.7 Å². The van der Waals surface area contributed by atoms with E-state index in [-0.39, 0.29) is 24.2 Å². The van der Waals surface area contributed by atoms with Gasteiger partial charge < -0.3 is 10.6 Å². The lowest BCUT2D eigenvalue weighted by atomic mass is 9.87. The van der Waals surface area contributed by atoms with Crippen LogP contribution in [0.5, 0.6) is 0 Å². The van der Waals surface area contributed by atoms with Crippen LogP contribution in [0.15, 0.2) is 11.4 Å². The predicted molar refractivity (Wildman–Crippen MR) is 81.3 cm³/mol. The van der Waals surface area contributed by atoms with Crippen molar-refractivity contribution in [3.63, 3.8) is 0 Å². The summed E-state index contributed by atoms with van der Waals surface area (Å²) < 4.78 is 0. The average molecular weight is 301 g/mol. The molecule has 5 heteroatoms. The van der Waals surface area contributed by atoms with E-state index >= 15 is 0 Å². The van der Waals surface area contributed by atoms with Crippen molar-refractivity contribution in [1.29, 1.82) is 0 Å². The molecule has 1 fully saturated rings. The second-order valence-corrected chi connectivity index (χ2v) is 6.30. The zero-order valence-corrected chi connectivity index (χ0v) is 12.6. The second kappa shape index (κ2) is 6.73. The Balaban J connectivity index is 0.00000133. The summed E-state index contributed by atoms with van der Waals surface area (Å²) in [5, 5.41) is 8.69. The molecule has 1 aromatic heterocycles. The highest BCUT2D eigenvalue weighted by atomic mass is 35.5. The van der Waals surface area contributed by atoms with Crippen LogP contribution in [0.25, 0.3) is 0 Å². The van der Waals surface area contributed by atoms with Gasteiger partial charge in [-0.25, -0.2) is 0 Å². The molecule has 0 radical (unpaired) electrons. The predicted octanol–water partition coefficient (Wildman–Crippen LogP) is 2.46. The molecular formula is C14H21ClN2OS. The fourth-order valence-corrected chi connectivity index (χ4v) is 4.02. The van der Waals surface area contributed by atoms with Crippen molar-refractivity contribution in [2.75, 3.05) is 13.1 Å². The largest absolute Gasteiger partial charge is 0.352 e. The monoisotopic (exact) mass is 300 g/mol. The van der Waals surface area contributed by atoms with Crippen LogP contribution in [0.2, 0.25) is 0 Å². The number of fused-ring (bicyclic) bond motifs is 1. The third-order valence-electron chi connectivity index (χ3n) is 4.01. The van der Waals surface area contributed by atoms with E-state index in [1.165, 1.54) is 16.9 Å². The lowest BCUT2D eigenvalue weighted by Gasteiger charge is -2.28. The van der Waals surface area contributed by atoms with Crippen LogP contribution in [-0.4, -0.2) is 25.0 Å². The van der Waals surface area contributed by atoms with Gasteiger partial charge in [0.2, 0.25) is 5.91 Å². The van der Waals surface area contributed by atoms with Gasteiger partial charge in [0.1, 0.15) is 0 Å². The van der Waals surface area contributed by atoms with Crippen LogP contribution in [-0.2, 0) is 11.2 Å². The smallest absolute Gasteiger partial charge is 0.227 e. The summed E-state index contributed by atoms with van der Waals surface area (Å²) in [4.78, 5) is 13.8. The number of halogens is 1. The third kappa shape index (κ3) is 3.30. The van der Waals surface area contributed by atoms with Crippen LogP contribution < -0.4 is 10.6 Å². The Morgan fingerprint density at radius 1 is 1.37 bits per heavy atom. The zero-order chi connectivity index (χ0) is 12.4. The number of aryl methyl sites for hydroxylation is 1. The van der Waals surface area contributed by atoms with E-state index in [1.807, 2.05) is 0 Å². The van der Waals surface area contributed by atoms with Crippen molar-refractivity contribution in [2.24, 2.45) is 0 Å². The number of carbonyl (C=O) groups excluding carboxylic acids is 1. The summed E-state index contributed by atoms with van der Waals surface area (Å²) in [6, 6.07) is 2.47. The van der Waals surface area contributed by atoms with Gasteiger partial charge in [-0.15, -0.1) is 23.7 Å². The fourth-order valence-electron chi connectivity index (χ4n) is 3.04. The summed E-state index contributed by atoms with van der Waals surface area (Å²) in [7, 11) is 0. The molecule has 2 N–H and O–H groups in total. The minimum Gasteiger partial charge on any atom is -0.352 e. The highest BCUT2D eigenvalue weighted by Gasteiger charge is 2.28. The standard InChI is InChI=1S/C14H20N2OS.ClH/c17-14(16-10-3-2-7-15-9-10)12-4-1-5-13-11(12)6-8-18-13;/h6,8,10,12,15H,1-5,7,9H2,(H,16,17);1H. The molecule has 0 spiro atoms. The summed E-state index contributed by atoms with van der Waals surface area (Å²) in [5.74, 6) is 0.338. The van der Waals surface area contributed by atoms with E-state index in [9.17, 15) is 4.79 Å². The Morgan fingerprint density at radius 2 is 2.26 bits per heavy atom. The Morgan fingerprint density at radius 3 is 3.05 bits per heavy atom. The highest BCUT2D eigenvalue weighted by molar-refractivity contribution is 7.10. The Kier molecular flexibility index (Phi) is 5.25. The molecule has 2 atom stereocenters. The summed E-state index contributed by atoms with van der Waals surface area (Å²) >= 11 is 1.80. The first-order valence-corrected chi connectivity index (χ1v) is 7.80. The van der Waals surface area contributed by atoms with E-state index in [2.05, 4.69) is 22.1 Å². The van der Waals surface area contributed by atoms with Crippen LogP contribution in [0, 0.1) is 0 Å². The molecule has 2 heterocycles. The summed E-state index contributed by atoms with van der Waals surface area (Å²) in [6.45, 7) is 2.01. The van der Waals surface area contributed by atoms with Gasteiger partial charge in [-0.05, 0) is 55.7 Å². The van der Waals surface area contributed by atoms with Crippen molar-refractivity contribution in [2.45, 2.75) is 44.1 Å².